The zero-order valence-electron chi connectivity index (χ0n) is 14.2. The summed E-state index contributed by atoms with van der Waals surface area (Å²) in [4.78, 5) is 14.8. The Morgan fingerprint density at radius 2 is 1.61 bits per heavy atom. The van der Waals surface area contributed by atoms with Gasteiger partial charge in [0, 0.05) is 11.6 Å². The highest BCUT2D eigenvalue weighted by Crippen LogP contribution is 2.37. The highest BCUT2D eigenvalue weighted by Gasteiger charge is 2.31. The monoisotopic (exact) mass is 386 g/mol. The summed E-state index contributed by atoms with van der Waals surface area (Å²) in [6.07, 6.45) is -4.55. The van der Waals surface area contributed by atoms with E-state index in [0.717, 1.165) is 28.8 Å². The average molecular weight is 386 g/mol. The van der Waals surface area contributed by atoms with Crippen molar-refractivity contribution in [3.05, 3.63) is 76.7 Å². The molecule has 0 saturated carbocycles. The van der Waals surface area contributed by atoms with Crippen LogP contribution in [0.2, 0.25) is 0 Å². The van der Waals surface area contributed by atoms with Crippen LogP contribution in [-0.2, 0) is 6.18 Å². The Balaban J connectivity index is 1.96. The van der Waals surface area contributed by atoms with Crippen molar-refractivity contribution < 1.29 is 23.4 Å². The largest absolute Gasteiger partial charge is 0.507 e. The quantitative estimate of drug-likeness (QED) is 0.477. The van der Waals surface area contributed by atoms with Crippen molar-refractivity contribution >= 4 is 11.0 Å². The normalized spacial score (nSPS) is 11.8. The van der Waals surface area contributed by atoms with E-state index >= 15 is 0 Å². The first kappa shape index (κ1) is 17.7. The molecule has 1 heterocycles. The first-order chi connectivity index (χ1) is 13.3. The number of phenols is 2. The van der Waals surface area contributed by atoms with E-state index in [9.17, 15) is 28.2 Å². The lowest BCUT2D eigenvalue weighted by atomic mass is 10.0. The molecule has 3 N–H and O–H groups in total. The number of H-pyrrole nitrogens is 1. The van der Waals surface area contributed by atoms with Gasteiger partial charge in [-0.3, -0.25) is 4.57 Å². The summed E-state index contributed by atoms with van der Waals surface area (Å²) in [5.74, 6) is -0.584. The van der Waals surface area contributed by atoms with Crippen LogP contribution in [0, 0.1) is 0 Å². The number of phenolic OH excluding ortho intramolecular Hbond substituents is 2. The number of fused-ring (bicyclic) bond motifs is 1. The summed E-state index contributed by atoms with van der Waals surface area (Å²) < 4.78 is 39.9. The maximum absolute atomic E-state index is 12.9. The minimum Gasteiger partial charge on any atom is -0.507 e. The summed E-state index contributed by atoms with van der Waals surface area (Å²) in [5.41, 5.74) is -0.420. The highest BCUT2D eigenvalue weighted by molar-refractivity contribution is 5.81. The smallest absolute Gasteiger partial charge is 0.416 e. The first-order valence-corrected chi connectivity index (χ1v) is 8.19. The van der Waals surface area contributed by atoms with Crippen molar-refractivity contribution in [3.8, 4) is 28.3 Å². The average Bonchev–Trinajstić information content (AvgIpc) is 2.97. The minimum atomic E-state index is -4.55. The SMILES string of the molecule is O=c1[nH]c2cc(C(F)(F)F)ccc2n1-c1cc(-c2ccccc2)c(O)cc1O. The van der Waals surface area contributed by atoms with Crippen LogP contribution in [0.15, 0.2) is 65.5 Å². The molecule has 5 nitrogen and oxygen atoms in total. The van der Waals surface area contributed by atoms with Gasteiger partial charge in [-0.15, -0.1) is 0 Å². The third-order valence-electron chi connectivity index (χ3n) is 4.43. The number of nitrogens with zero attached hydrogens (tertiary/aromatic N) is 1. The fraction of sp³-hybridized carbons (Fsp3) is 0.0500. The standard InChI is InChI=1S/C20H13F3N2O3/c21-20(22,23)12-6-7-15-14(8-12)24-19(28)25(15)16-9-13(17(26)10-18(16)27)11-4-2-1-3-5-11/h1-10,26-27H,(H,24,28). The molecule has 0 aliphatic rings. The van der Waals surface area contributed by atoms with Gasteiger partial charge < -0.3 is 15.2 Å². The Hall–Kier alpha value is -3.68. The summed E-state index contributed by atoms with van der Waals surface area (Å²) in [6.45, 7) is 0. The van der Waals surface area contributed by atoms with Gasteiger partial charge in [-0.1, -0.05) is 30.3 Å². The van der Waals surface area contributed by atoms with Crippen LogP contribution in [0.1, 0.15) is 5.56 Å². The zero-order chi connectivity index (χ0) is 20.1. The van der Waals surface area contributed by atoms with E-state index in [2.05, 4.69) is 4.98 Å². The number of hydrogen-bond acceptors (Lipinski definition) is 3. The molecule has 4 rings (SSSR count). The zero-order valence-corrected chi connectivity index (χ0v) is 14.2. The number of nitrogens with one attached hydrogen (secondary N) is 1. The Morgan fingerprint density at radius 3 is 2.29 bits per heavy atom. The Bertz CT molecular complexity index is 1240. The van der Waals surface area contributed by atoms with Crippen LogP contribution < -0.4 is 5.69 Å². The molecule has 0 aliphatic heterocycles. The number of aromatic hydroxyl groups is 2. The van der Waals surface area contributed by atoms with E-state index in [1.165, 1.54) is 6.07 Å². The lowest BCUT2D eigenvalue weighted by Gasteiger charge is -2.12. The second kappa shape index (κ2) is 6.19. The maximum atomic E-state index is 12.9. The molecule has 142 valence electrons. The van der Waals surface area contributed by atoms with E-state index in [-0.39, 0.29) is 28.2 Å². The van der Waals surface area contributed by atoms with Crippen molar-refractivity contribution in [2.45, 2.75) is 6.18 Å². The lowest BCUT2D eigenvalue weighted by Crippen LogP contribution is -2.14. The van der Waals surface area contributed by atoms with Crippen LogP contribution in [-0.4, -0.2) is 19.8 Å². The fourth-order valence-electron chi connectivity index (χ4n) is 3.12. The number of rotatable bonds is 2. The van der Waals surface area contributed by atoms with Gasteiger partial charge in [0.2, 0.25) is 0 Å². The highest BCUT2D eigenvalue weighted by atomic mass is 19.4. The summed E-state index contributed by atoms with van der Waals surface area (Å²) in [7, 11) is 0. The molecule has 0 amide bonds. The molecule has 0 atom stereocenters. The van der Waals surface area contributed by atoms with Gasteiger partial charge in [0.1, 0.15) is 11.5 Å². The van der Waals surface area contributed by atoms with E-state index in [4.69, 9.17) is 0 Å². The van der Waals surface area contributed by atoms with Gasteiger partial charge in [-0.2, -0.15) is 13.2 Å². The molecule has 0 radical (unpaired) electrons. The van der Waals surface area contributed by atoms with Crippen LogP contribution in [0.5, 0.6) is 11.5 Å². The third-order valence-corrected chi connectivity index (χ3v) is 4.43. The number of imidazole rings is 1. The van der Waals surface area contributed by atoms with Gasteiger partial charge in [0.05, 0.1) is 22.3 Å². The molecule has 0 unspecified atom stereocenters. The molecule has 4 aromatic rings. The van der Waals surface area contributed by atoms with Crippen molar-refractivity contribution in [1.29, 1.82) is 0 Å². The molecule has 1 aromatic heterocycles. The maximum Gasteiger partial charge on any atom is 0.416 e. The van der Waals surface area contributed by atoms with Crippen molar-refractivity contribution in [3.63, 3.8) is 0 Å². The van der Waals surface area contributed by atoms with E-state index in [1.807, 2.05) is 0 Å². The topological polar surface area (TPSA) is 78.2 Å². The summed E-state index contributed by atoms with van der Waals surface area (Å²) in [5, 5.41) is 20.5. The molecule has 0 spiro atoms. The molecule has 3 aromatic carbocycles. The minimum absolute atomic E-state index is 0.0199. The summed E-state index contributed by atoms with van der Waals surface area (Å²) in [6, 6.07) is 14.2. The molecule has 8 heteroatoms. The molecule has 0 bridgehead atoms. The van der Waals surface area contributed by atoms with Gasteiger partial charge in [-0.05, 0) is 29.8 Å². The molecular weight excluding hydrogens is 373 g/mol. The number of alkyl halides is 3. The van der Waals surface area contributed by atoms with Crippen LogP contribution >= 0.6 is 0 Å². The predicted molar refractivity (Wildman–Crippen MR) is 97.7 cm³/mol. The molecule has 0 fully saturated rings. The number of hydrogen-bond donors (Lipinski definition) is 3. The van der Waals surface area contributed by atoms with Crippen LogP contribution in [0.4, 0.5) is 13.2 Å². The number of benzene rings is 3. The van der Waals surface area contributed by atoms with Crippen molar-refractivity contribution in [1.82, 2.24) is 9.55 Å². The second-order valence-electron chi connectivity index (χ2n) is 6.22. The number of aromatic nitrogens is 2. The van der Waals surface area contributed by atoms with Gasteiger partial charge >= 0.3 is 11.9 Å². The summed E-state index contributed by atoms with van der Waals surface area (Å²) >= 11 is 0. The van der Waals surface area contributed by atoms with Gasteiger partial charge in [0.15, 0.2) is 0 Å². The Morgan fingerprint density at radius 1 is 0.893 bits per heavy atom. The van der Waals surface area contributed by atoms with Crippen LogP contribution in [0.3, 0.4) is 0 Å². The predicted octanol–water partition coefficient (Wildman–Crippen LogP) is 4.42. The van der Waals surface area contributed by atoms with Gasteiger partial charge in [0.25, 0.3) is 0 Å². The molecule has 0 saturated heterocycles. The number of halogens is 3. The Labute approximate surface area is 155 Å². The first-order valence-electron chi connectivity index (χ1n) is 8.19. The van der Waals surface area contributed by atoms with Crippen LogP contribution in [0.25, 0.3) is 27.8 Å². The lowest BCUT2D eigenvalue weighted by molar-refractivity contribution is -0.137. The van der Waals surface area contributed by atoms with Crippen molar-refractivity contribution in [2.75, 3.05) is 0 Å². The Kier molecular flexibility index (Phi) is 3.92. The van der Waals surface area contributed by atoms with E-state index in [0.29, 0.717) is 11.1 Å². The molecule has 0 aliphatic carbocycles. The molecule has 28 heavy (non-hydrogen) atoms. The molecular formula is C20H13F3N2O3. The third kappa shape index (κ3) is 2.88. The van der Waals surface area contributed by atoms with E-state index < -0.39 is 17.4 Å². The number of aromatic amines is 1. The second-order valence-corrected chi connectivity index (χ2v) is 6.22. The fourth-order valence-corrected chi connectivity index (χ4v) is 3.12. The van der Waals surface area contributed by atoms with E-state index in [1.54, 1.807) is 30.3 Å². The van der Waals surface area contributed by atoms with Gasteiger partial charge in [-0.25, -0.2) is 4.79 Å². The van der Waals surface area contributed by atoms with Crippen molar-refractivity contribution in [2.24, 2.45) is 0 Å².